The molecule has 104 valence electrons. The van der Waals surface area contributed by atoms with Crippen LogP contribution in [0.2, 0.25) is 0 Å². The second-order valence-electron chi connectivity index (χ2n) is 5.92. The molecule has 0 N–H and O–H groups in total. The summed E-state index contributed by atoms with van der Waals surface area (Å²) in [7, 11) is 0. The monoisotopic (exact) mass is 298 g/mol. The minimum Gasteiger partial charge on any atom is -0.135 e. The Morgan fingerprint density at radius 3 is 2.18 bits per heavy atom. The maximum Gasteiger partial charge on any atom is 0.0391 e. The van der Waals surface area contributed by atoms with E-state index in [0.29, 0.717) is 0 Å². The van der Waals surface area contributed by atoms with Crippen molar-refractivity contribution in [3.8, 4) is 0 Å². The zero-order valence-corrected chi connectivity index (χ0v) is 13.1. The maximum absolute atomic E-state index is 2.36. The van der Waals surface area contributed by atoms with Crippen molar-refractivity contribution in [2.24, 2.45) is 0 Å². The summed E-state index contributed by atoms with van der Waals surface area (Å²) in [5.74, 6) is 0. The van der Waals surface area contributed by atoms with Gasteiger partial charge in [-0.2, -0.15) is 0 Å². The first-order valence-electron chi connectivity index (χ1n) is 7.54. The largest absolute Gasteiger partial charge is 0.135 e. The first kappa shape index (κ1) is 12.2. The van der Waals surface area contributed by atoms with Crippen LogP contribution in [-0.2, 0) is 0 Å². The minimum atomic E-state index is 1.32. The summed E-state index contributed by atoms with van der Waals surface area (Å²) in [6.45, 7) is 2.23. The van der Waals surface area contributed by atoms with Gasteiger partial charge in [0.25, 0.3) is 0 Å². The molecule has 4 aromatic carbocycles. The maximum atomic E-state index is 2.36. The van der Waals surface area contributed by atoms with E-state index < -0.39 is 0 Å². The molecular weight excluding hydrogens is 284 g/mol. The molecule has 0 radical (unpaired) electrons. The van der Waals surface area contributed by atoms with Gasteiger partial charge in [0.1, 0.15) is 0 Å². The lowest BCUT2D eigenvalue weighted by Crippen LogP contribution is -1.78. The van der Waals surface area contributed by atoms with E-state index in [1.165, 1.54) is 47.3 Å². The third-order valence-corrected chi connectivity index (χ3v) is 5.80. The Labute approximate surface area is 132 Å². The Hall–Kier alpha value is -2.38. The second kappa shape index (κ2) is 4.31. The van der Waals surface area contributed by atoms with E-state index in [1.807, 2.05) is 11.3 Å². The van der Waals surface area contributed by atoms with Gasteiger partial charge in [0.05, 0.1) is 0 Å². The number of rotatable bonds is 0. The van der Waals surface area contributed by atoms with E-state index in [9.17, 15) is 0 Å². The average Bonchev–Trinajstić information content (AvgIpc) is 2.92. The van der Waals surface area contributed by atoms with Crippen LogP contribution in [0.1, 0.15) is 5.56 Å². The Balaban J connectivity index is 2.11. The first-order chi connectivity index (χ1) is 10.8. The van der Waals surface area contributed by atoms with E-state index in [0.717, 1.165) is 0 Å². The van der Waals surface area contributed by atoms with Gasteiger partial charge in [-0.1, -0.05) is 48.5 Å². The molecule has 0 spiro atoms. The molecule has 1 heterocycles. The van der Waals surface area contributed by atoms with Crippen LogP contribution in [-0.4, -0.2) is 0 Å². The number of fused-ring (bicyclic) bond motifs is 6. The van der Waals surface area contributed by atoms with Crippen LogP contribution in [0.25, 0.3) is 41.7 Å². The highest BCUT2D eigenvalue weighted by Gasteiger charge is 2.11. The standard InChI is InChI=1S/C21H14S/c1-13-10-16-8-4-5-9-17(16)20-18-11-14-6-2-3-7-15(14)12-19(18)22-21(13)20/h2-12H,1H3. The van der Waals surface area contributed by atoms with Gasteiger partial charge in [0, 0.05) is 20.2 Å². The zero-order valence-electron chi connectivity index (χ0n) is 12.3. The van der Waals surface area contributed by atoms with Crippen LogP contribution >= 0.6 is 11.3 Å². The van der Waals surface area contributed by atoms with Crippen LogP contribution in [0.5, 0.6) is 0 Å². The molecular formula is C21H14S. The Morgan fingerprint density at radius 1 is 0.682 bits per heavy atom. The van der Waals surface area contributed by atoms with E-state index in [4.69, 9.17) is 0 Å². The van der Waals surface area contributed by atoms with Crippen molar-refractivity contribution in [3.63, 3.8) is 0 Å². The molecule has 0 bridgehead atoms. The summed E-state index contributed by atoms with van der Waals surface area (Å²) in [5, 5.41) is 8.15. The number of hydrogen-bond acceptors (Lipinski definition) is 1. The molecule has 0 aliphatic heterocycles. The molecule has 0 saturated carbocycles. The summed E-state index contributed by atoms with van der Waals surface area (Å²) < 4.78 is 2.80. The SMILES string of the molecule is Cc1cc2ccccc2c2c1sc1cc3ccccc3cc12. The first-order valence-corrected chi connectivity index (χ1v) is 8.36. The fourth-order valence-electron chi connectivity index (χ4n) is 3.48. The van der Waals surface area contributed by atoms with Crippen LogP contribution in [0.3, 0.4) is 0 Å². The quantitative estimate of drug-likeness (QED) is 0.299. The lowest BCUT2D eigenvalue weighted by Gasteiger charge is -2.04. The summed E-state index contributed by atoms with van der Waals surface area (Å²) in [5.41, 5.74) is 1.37. The predicted octanol–water partition coefficient (Wildman–Crippen LogP) is 6.67. The van der Waals surface area contributed by atoms with Crippen molar-refractivity contribution in [1.82, 2.24) is 0 Å². The second-order valence-corrected chi connectivity index (χ2v) is 6.97. The van der Waals surface area contributed by atoms with Crippen LogP contribution < -0.4 is 0 Å². The highest BCUT2D eigenvalue weighted by atomic mass is 32.1. The summed E-state index contributed by atoms with van der Waals surface area (Å²) >= 11 is 1.92. The number of thiophene rings is 1. The molecule has 0 amide bonds. The average molecular weight is 298 g/mol. The molecule has 0 saturated heterocycles. The number of benzene rings is 4. The topological polar surface area (TPSA) is 0 Å². The van der Waals surface area contributed by atoms with Gasteiger partial charge in [-0.15, -0.1) is 11.3 Å². The van der Waals surface area contributed by atoms with Gasteiger partial charge in [-0.05, 0) is 52.2 Å². The number of aryl methyl sites for hydroxylation is 1. The van der Waals surface area contributed by atoms with Crippen LogP contribution in [0.4, 0.5) is 0 Å². The Bertz CT molecular complexity index is 1180. The zero-order chi connectivity index (χ0) is 14.7. The summed E-state index contributed by atoms with van der Waals surface area (Å²) in [6, 6.07) is 24.4. The summed E-state index contributed by atoms with van der Waals surface area (Å²) in [6.07, 6.45) is 0. The summed E-state index contributed by atoms with van der Waals surface area (Å²) in [4.78, 5) is 0. The Kier molecular flexibility index (Phi) is 2.39. The lowest BCUT2D eigenvalue weighted by atomic mass is 9.99. The van der Waals surface area contributed by atoms with Crippen molar-refractivity contribution in [1.29, 1.82) is 0 Å². The van der Waals surface area contributed by atoms with Crippen molar-refractivity contribution in [2.45, 2.75) is 6.92 Å². The molecule has 22 heavy (non-hydrogen) atoms. The van der Waals surface area contributed by atoms with E-state index in [2.05, 4.69) is 73.7 Å². The van der Waals surface area contributed by atoms with E-state index in [-0.39, 0.29) is 0 Å². The van der Waals surface area contributed by atoms with Crippen LogP contribution in [0, 0.1) is 6.92 Å². The van der Waals surface area contributed by atoms with Gasteiger partial charge in [0.2, 0.25) is 0 Å². The fraction of sp³-hybridized carbons (Fsp3) is 0.0476. The van der Waals surface area contributed by atoms with Crippen molar-refractivity contribution >= 4 is 53.1 Å². The molecule has 0 atom stereocenters. The molecule has 5 aromatic rings. The Morgan fingerprint density at radius 2 is 1.36 bits per heavy atom. The van der Waals surface area contributed by atoms with Crippen LogP contribution in [0.15, 0.2) is 66.7 Å². The van der Waals surface area contributed by atoms with Gasteiger partial charge >= 0.3 is 0 Å². The van der Waals surface area contributed by atoms with Crippen molar-refractivity contribution in [3.05, 3.63) is 72.3 Å². The third kappa shape index (κ3) is 1.57. The lowest BCUT2D eigenvalue weighted by molar-refractivity contribution is 1.58. The van der Waals surface area contributed by atoms with Gasteiger partial charge < -0.3 is 0 Å². The third-order valence-electron chi connectivity index (χ3n) is 4.52. The number of hydrogen-bond donors (Lipinski definition) is 0. The van der Waals surface area contributed by atoms with Crippen molar-refractivity contribution in [2.75, 3.05) is 0 Å². The molecule has 0 unspecified atom stereocenters. The molecule has 0 nitrogen and oxygen atoms in total. The fourth-order valence-corrected chi connectivity index (χ4v) is 4.70. The van der Waals surface area contributed by atoms with Gasteiger partial charge in [0.15, 0.2) is 0 Å². The van der Waals surface area contributed by atoms with E-state index in [1.54, 1.807) is 0 Å². The van der Waals surface area contributed by atoms with Gasteiger partial charge in [-0.3, -0.25) is 0 Å². The van der Waals surface area contributed by atoms with Gasteiger partial charge in [-0.25, -0.2) is 0 Å². The van der Waals surface area contributed by atoms with E-state index >= 15 is 0 Å². The predicted molar refractivity (Wildman–Crippen MR) is 99.1 cm³/mol. The highest BCUT2D eigenvalue weighted by molar-refractivity contribution is 7.26. The smallest absolute Gasteiger partial charge is 0.0391 e. The normalized spacial score (nSPS) is 11.9. The highest BCUT2D eigenvalue weighted by Crippen LogP contribution is 2.41. The van der Waals surface area contributed by atoms with Crippen molar-refractivity contribution < 1.29 is 0 Å². The minimum absolute atomic E-state index is 1.32. The molecule has 0 aliphatic rings. The molecule has 0 aliphatic carbocycles. The molecule has 0 fully saturated rings. The molecule has 5 rings (SSSR count). The molecule has 1 heteroatoms. The molecule has 1 aromatic heterocycles.